The van der Waals surface area contributed by atoms with Crippen LogP contribution in [0.5, 0.6) is 0 Å². The standard InChI is InChI=1S/C14H13FN2O/c1-2-16-14(18)11-5-3-4-10(8-11)12-6-7-13(15)17-9-12/h3-9H,2H2,1H3,(H,16,18). The smallest absolute Gasteiger partial charge is 0.251 e. The Balaban J connectivity index is 2.32. The van der Waals surface area contributed by atoms with Crippen molar-refractivity contribution in [3.05, 3.63) is 54.1 Å². The van der Waals surface area contributed by atoms with Crippen molar-refractivity contribution < 1.29 is 9.18 Å². The molecule has 92 valence electrons. The van der Waals surface area contributed by atoms with Crippen LogP contribution >= 0.6 is 0 Å². The minimum Gasteiger partial charge on any atom is -0.352 e. The molecule has 18 heavy (non-hydrogen) atoms. The number of carbonyl (C=O) groups excluding carboxylic acids is 1. The number of rotatable bonds is 3. The highest BCUT2D eigenvalue weighted by Crippen LogP contribution is 2.19. The first-order valence-electron chi connectivity index (χ1n) is 5.71. The van der Waals surface area contributed by atoms with Gasteiger partial charge >= 0.3 is 0 Å². The maximum atomic E-state index is 12.7. The van der Waals surface area contributed by atoms with Crippen molar-refractivity contribution in [2.24, 2.45) is 0 Å². The van der Waals surface area contributed by atoms with Crippen molar-refractivity contribution >= 4 is 5.91 Å². The molecule has 0 fully saturated rings. The first-order valence-corrected chi connectivity index (χ1v) is 5.71. The van der Waals surface area contributed by atoms with Crippen molar-refractivity contribution in [1.82, 2.24) is 10.3 Å². The monoisotopic (exact) mass is 244 g/mol. The second kappa shape index (κ2) is 5.40. The largest absolute Gasteiger partial charge is 0.352 e. The average Bonchev–Trinajstić information content (AvgIpc) is 2.40. The number of carbonyl (C=O) groups is 1. The highest BCUT2D eigenvalue weighted by atomic mass is 19.1. The van der Waals surface area contributed by atoms with Gasteiger partial charge in [-0.3, -0.25) is 4.79 Å². The Morgan fingerprint density at radius 1 is 1.28 bits per heavy atom. The zero-order valence-corrected chi connectivity index (χ0v) is 9.98. The number of nitrogens with one attached hydrogen (secondary N) is 1. The lowest BCUT2D eigenvalue weighted by molar-refractivity contribution is 0.0956. The summed E-state index contributed by atoms with van der Waals surface area (Å²) < 4.78 is 12.7. The summed E-state index contributed by atoms with van der Waals surface area (Å²) >= 11 is 0. The van der Waals surface area contributed by atoms with Crippen LogP contribution in [0.2, 0.25) is 0 Å². The average molecular weight is 244 g/mol. The Morgan fingerprint density at radius 3 is 2.78 bits per heavy atom. The minimum atomic E-state index is -0.515. The van der Waals surface area contributed by atoms with Crippen molar-refractivity contribution in [2.45, 2.75) is 6.92 Å². The maximum Gasteiger partial charge on any atom is 0.251 e. The van der Waals surface area contributed by atoms with E-state index < -0.39 is 5.95 Å². The fourth-order valence-electron chi connectivity index (χ4n) is 1.65. The molecule has 3 nitrogen and oxygen atoms in total. The van der Waals surface area contributed by atoms with E-state index in [0.717, 1.165) is 11.1 Å². The third kappa shape index (κ3) is 2.71. The van der Waals surface area contributed by atoms with Crippen LogP contribution in [-0.2, 0) is 0 Å². The van der Waals surface area contributed by atoms with E-state index in [4.69, 9.17) is 0 Å². The topological polar surface area (TPSA) is 42.0 Å². The van der Waals surface area contributed by atoms with Crippen molar-refractivity contribution in [3.8, 4) is 11.1 Å². The van der Waals surface area contributed by atoms with Gasteiger partial charge in [-0.25, -0.2) is 4.98 Å². The number of benzene rings is 1. The second-order valence-corrected chi connectivity index (χ2v) is 3.81. The molecule has 0 aliphatic rings. The molecule has 1 aromatic heterocycles. The van der Waals surface area contributed by atoms with Crippen LogP contribution in [0.1, 0.15) is 17.3 Å². The zero-order chi connectivity index (χ0) is 13.0. The van der Waals surface area contributed by atoms with Gasteiger partial charge < -0.3 is 5.32 Å². The molecule has 1 N–H and O–H groups in total. The number of nitrogens with zero attached hydrogens (tertiary/aromatic N) is 1. The summed E-state index contributed by atoms with van der Waals surface area (Å²) in [6.07, 6.45) is 1.45. The molecule has 0 atom stereocenters. The van der Waals surface area contributed by atoms with Gasteiger partial charge in [0.05, 0.1) is 0 Å². The fraction of sp³-hybridized carbons (Fsp3) is 0.143. The van der Waals surface area contributed by atoms with Gasteiger partial charge in [0.15, 0.2) is 0 Å². The second-order valence-electron chi connectivity index (χ2n) is 3.81. The molecule has 0 saturated carbocycles. The number of hydrogen-bond donors (Lipinski definition) is 1. The SMILES string of the molecule is CCNC(=O)c1cccc(-c2ccc(F)nc2)c1. The summed E-state index contributed by atoms with van der Waals surface area (Å²) in [5.41, 5.74) is 2.20. The molecule has 0 bridgehead atoms. The van der Waals surface area contributed by atoms with Gasteiger partial charge in [-0.05, 0) is 36.8 Å². The minimum absolute atomic E-state index is 0.116. The van der Waals surface area contributed by atoms with Crippen molar-refractivity contribution in [3.63, 3.8) is 0 Å². The summed E-state index contributed by atoms with van der Waals surface area (Å²) in [6, 6.07) is 10.1. The molecule has 0 radical (unpaired) electrons. The van der Waals surface area contributed by atoms with E-state index in [2.05, 4.69) is 10.3 Å². The van der Waals surface area contributed by atoms with Gasteiger partial charge in [-0.1, -0.05) is 12.1 Å². The van der Waals surface area contributed by atoms with E-state index >= 15 is 0 Å². The Hall–Kier alpha value is -2.23. The van der Waals surface area contributed by atoms with E-state index in [1.165, 1.54) is 12.3 Å². The van der Waals surface area contributed by atoms with Crippen LogP contribution in [0.15, 0.2) is 42.6 Å². The Labute approximate surface area is 105 Å². The normalized spacial score (nSPS) is 10.1. The molecular weight excluding hydrogens is 231 g/mol. The first-order chi connectivity index (χ1) is 8.70. The van der Waals surface area contributed by atoms with Crippen LogP contribution in [0.4, 0.5) is 4.39 Å². The maximum absolute atomic E-state index is 12.7. The van der Waals surface area contributed by atoms with E-state index in [9.17, 15) is 9.18 Å². The van der Waals surface area contributed by atoms with Crippen molar-refractivity contribution in [1.29, 1.82) is 0 Å². The van der Waals surface area contributed by atoms with Crippen molar-refractivity contribution in [2.75, 3.05) is 6.54 Å². The molecular formula is C14H13FN2O. The van der Waals surface area contributed by atoms with Crippen LogP contribution < -0.4 is 5.32 Å². The lowest BCUT2D eigenvalue weighted by Gasteiger charge is -2.05. The molecule has 1 amide bonds. The number of aromatic nitrogens is 1. The van der Waals surface area contributed by atoms with Gasteiger partial charge in [0.2, 0.25) is 5.95 Å². The molecule has 0 unspecified atom stereocenters. The predicted octanol–water partition coefficient (Wildman–Crippen LogP) is 2.64. The van der Waals surface area contributed by atoms with Crippen LogP contribution in [-0.4, -0.2) is 17.4 Å². The van der Waals surface area contributed by atoms with E-state index in [1.54, 1.807) is 24.3 Å². The third-order valence-electron chi connectivity index (χ3n) is 2.52. The van der Waals surface area contributed by atoms with Crippen LogP contribution in [0.3, 0.4) is 0 Å². The zero-order valence-electron chi connectivity index (χ0n) is 9.98. The Bertz CT molecular complexity index is 552. The van der Waals surface area contributed by atoms with E-state index in [0.29, 0.717) is 12.1 Å². The van der Waals surface area contributed by atoms with Crippen LogP contribution in [0, 0.1) is 5.95 Å². The molecule has 0 aliphatic carbocycles. The molecule has 2 aromatic rings. The molecule has 0 spiro atoms. The first kappa shape index (κ1) is 12.2. The predicted molar refractivity (Wildman–Crippen MR) is 67.6 cm³/mol. The van der Waals surface area contributed by atoms with Gasteiger partial charge in [-0.15, -0.1) is 0 Å². The Morgan fingerprint density at radius 2 is 2.11 bits per heavy atom. The number of pyridine rings is 1. The summed E-state index contributed by atoms with van der Waals surface area (Å²) in [4.78, 5) is 15.3. The lowest BCUT2D eigenvalue weighted by Crippen LogP contribution is -2.22. The Kier molecular flexibility index (Phi) is 3.67. The van der Waals surface area contributed by atoms with E-state index in [-0.39, 0.29) is 5.91 Å². The van der Waals surface area contributed by atoms with Gasteiger partial charge in [0.1, 0.15) is 0 Å². The number of amides is 1. The summed E-state index contributed by atoms with van der Waals surface area (Å²) in [7, 11) is 0. The molecule has 2 rings (SSSR count). The molecule has 0 saturated heterocycles. The highest BCUT2D eigenvalue weighted by Gasteiger charge is 2.06. The van der Waals surface area contributed by atoms with Gasteiger partial charge in [-0.2, -0.15) is 4.39 Å². The quantitative estimate of drug-likeness (QED) is 0.843. The lowest BCUT2D eigenvalue weighted by atomic mass is 10.0. The fourth-order valence-corrected chi connectivity index (χ4v) is 1.65. The third-order valence-corrected chi connectivity index (χ3v) is 2.52. The molecule has 1 aromatic carbocycles. The molecule has 4 heteroatoms. The van der Waals surface area contributed by atoms with Gasteiger partial charge in [0.25, 0.3) is 5.91 Å². The summed E-state index contributed by atoms with van der Waals surface area (Å²) in [5.74, 6) is -0.631. The van der Waals surface area contributed by atoms with Crippen LogP contribution in [0.25, 0.3) is 11.1 Å². The molecule has 0 aliphatic heterocycles. The summed E-state index contributed by atoms with van der Waals surface area (Å²) in [5, 5.41) is 2.74. The molecule has 1 heterocycles. The highest BCUT2D eigenvalue weighted by molar-refractivity contribution is 5.95. The van der Waals surface area contributed by atoms with Gasteiger partial charge in [0, 0.05) is 23.9 Å². The van der Waals surface area contributed by atoms with E-state index in [1.807, 2.05) is 13.0 Å². The number of halogens is 1. The number of hydrogen-bond acceptors (Lipinski definition) is 2. The summed E-state index contributed by atoms with van der Waals surface area (Å²) in [6.45, 7) is 2.45.